The third-order valence-electron chi connectivity index (χ3n) is 6.61. The Balaban J connectivity index is 1.39. The summed E-state index contributed by atoms with van der Waals surface area (Å²) in [6.45, 7) is 6.92. The molecule has 0 unspecified atom stereocenters. The Morgan fingerprint density at radius 1 is 1.00 bits per heavy atom. The monoisotopic (exact) mass is 490 g/mol. The highest BCUT2D eigenvalue weighted by Gasteiger charge is 2.30. The summed E-state index contributed by atoms with van der Waals surface area (Å²) in [6, 6.07) is 13.0. The second-order valence-corrected chi connectivity index (χ2v) is 10.0. The van der Waals surface area contributed by atoms with Crippen molar-refractivity contribution in [3.8, 4) is 5.75 Å². The van der Waals surface area contributed by atoms with Gasteiger partial charge in [-0.2, -0.15) is 13.2 Å². The molecule has 3 aliphatic rings. The van der Waals surface area contributed by atoms with E-state index in [0.29, 0.717) is 6.61 Å². The molecule has 182 valence electrons. The number of rotatable bonds is 7. The second kappa shape index (κ2) is 10.2. The van der Waals surface area contributed by atoms with Gasteiger partial charge in [0.15, 0.2) is 0 Å². The number of halogens is 3. The number of thioether (sulfide) groups is 1. The summed E-state index contributed by atoms with van der Waals surface area (Å²) in [5, 5.41) is 2.25. The van der Waals surface area contributed by atoms with Crippen molar-refractivity contribution < 1.29 is 22.6 Å². The molecule has 5 rings (SSSR count). The topological polar surface area (TPSA) is 24.9 Å². The average molecular weight is 491 g/mol. The van der Waals surface area contributed by atoms with Gasteiger partial charge in [0, 0.05) is 48.5 Å². The molecule has 2 aromatic carbocycles. The van der Waals surface area contributed by atoms with Crippen LogP contribution in [0.1, 0.15) is 24.8 Å². The first-order valence-electron chi connectivity index (χ1n) is 11.9. The summed E-state index contributed by atoms with van der Waals surface area (Å²) in [7, 11) is 0. The van der Waals surface area contributed by atoms with Gasteiger partial charge in [-0.1, -0.05) is 18.2 Å². The number of fused-ring (bicyclic) bond motifs is 2. The van der Waals surface area contributed by atoms with E-state index in [0.717, 1.165) is 92.5 Å². The molecule has 0 N–H and O–H groups in total. The molecular formula is C26H29F3N2O2S. The third kappa shape index (κ3) is 5.56. The van der Waals surface area contributed by atoms with Crippen molar-refractivity contribution in [1.82, 2.24) is 9.80 Å². The van der Waals surface area contributed by atoms with Gasteiger partial charge in [0.25, 0.3) is 0 Å². The van der Waals surface area contributed by atoms with Gasteiger partial charge in [-0.25, -0.2) is 0 Å². The minimum Gasteiger partial charge on any atom is -0.494 e. The van der Waals surface area contributed by atoms with E-state index >= 15 is 0 Å². The van der Waals surface area contributed by atoms with Crippen LogP contribution in [0.3, 0.4) is 0 Å². The van der Waals surface area contributed by atoms with Crippen LogP contribution in [0.25, 0.3) is 11.3 Å². The van der Waals surface area contributed by atoms with E-state index in [2.05, 4.69) is 21.9 Å². The Morgan fingerprint density at radius 3 is 2.68 bits per heavy atom. The van der Waals surface area contributed by atoms with Crippen LogP contribution in [0.15, 0.2) is 47.4 Å². The molecule has 0 saturated carbocycles. The fourth-order valence-corrected chi connectivity index (χ4v) is 5.63. The smallest absolute Gasteiger partial charge is 0.446 e. The van der Waals surface area contributed by atoms with Crippen LogP contribution in [0.4, 0.5) is 13.2 Å². The number of benzene rings is 2. The van der Waals surface area contributed by atoms with Crippen LogP contribution in [-0.2, 0) is 4.74 Å². The average Bonchev–Trinajstić information content (AvgIpc) is 3.30. The number of ether oxygens (including phenoxy) is 2. The van der Waals surface area contributed by atoms with Crippen molar-refractivity contribution >= 4 is 23.0 Å². The first-order chi connectivity index (χ1) is 16.5. The highest BCUT2D eigenvalue weighted by Crippen LogP contribution is 2.38. The lowest BCUT2D eigenvalue weighted by molar-refractivity contribution is -0.0328. The van der Waals surface area contributed by atoms with Crippen molar-refractivity contribution in [2.75, 3.05) is 52.5 Å². The summed E-state index contributed by atoms with van der Waals surface area (Å²) in [5.74, 6) is 0.850. The zero-order valence-corrected chi connectivity index (χ0v) is 19.9. The minimum atomic E-state index is -4.29. The van der Waals surface area contributed by atoms with Gasteiger partial charge < -0.3 is 14.4 Å². The van der Waals surface area contributed by atoms with Crippen molar-refractivity contribution in [1.29, 1.82) is 0 Å². The van der Waals surface area contributed by atoms with Crippen LogP contribution in [0, 0.1) is 0 Å². The fourth-order valence-electron chi connectivity index (χ4n) is 5.03. The summed E-state index contributed by atoms with van der Waals surface area (Å²) in [5.41, 5.74) is -1.05. The van der Waals surface area contributed by atoms with E-state index in [1.54, 1.807) is 12.1 Å². The molecule has 0 radical (unpaired) electrons. The number of hydrogen-bond acceptors (Lipinski definition) is 5. The minimum absolute atomic E-state index is 0.0591. The summed E-state index contributed by atoms with van der Waals surface area (Å²) in [4.78, 5) is 4.98. The maximum atomic E-state index is 12.9. The first kappa shape index (κ1) is 23.6. The summed E-state index contributed by atoms with van der Waals surface area (Å²) >= 11 is -0.0591. The summed E-state index contributed by atoms with van der Waals surface area (Å²) < 4.78 is 50.3. The molecule has 0 bridgehead atoms. The lowest BCUT2D eigenvalue weighted by atomic mass is 9.97. The maximum Gasteiger partial charge on any atom is 0.446 e. The van der Waals surface area contributed by atoms with Gasteiger partial charge >= 0.3 is 5.51 Å². The molecule has 0 aromatic heterocycles. The van der Waals surface area contributed by atoms with E-state index < -0.39 is 5.51 Å². The highest BCUT2D eigenvalue weighted by atomic mass is 32.2. The van der Waals surface area contributed by atoms with Crippen LogP contribution >= 0.6 is 11.8 Å². The van der Waals surface area contributed by atoms with Crippen molar-refractivity contribution in [3.63, 3.8) is 0 Å². The van der Waals surface area contributed by atoms with Gasteiger partial charge in [-0.05, 0) is 71.6 Å². The zero-order valence-electron chi connectivity index (χ0n) is 19.1. The van der Waals surface area contributed by atoms with E-state index in [1.807, 2.05) is 12.1 Å². The Morgan fingerprint density at radius 2 is 1.85 bits per heavy atom. The predicted octanol–water partition coefficient (Wildman–Crippen LogP) is 3.82. The number of nitrogens with zero attached hydrogens (tertiary/aromatic N) is 2. The standard InChI is InChI=1S/C26H29F3N2O2S/c27-26(28,29)34-21-5-1-4-19(16-21)24-18-31-10-2-6-25(31)23-17-20(7-8-22(23)24)33-13-3-9-30-11-14-32-15-12-30/h1,4-5,7-8,16-17H,2-3,6,9-15,18H2. The summed E-state index contributed by atoms with van der Waals surface area (Å²) in [6.07, 6.45) is 3.07. The van der Waals surface area contributed by atoms with Gasteiger partial charge in [-0.15, -0.1) is 0 Å². The molecule has 2 saturated heterocycles. The fraction of sp³-hybridized carbons (Fsp3) is 0.462. The van der Waals surface area contributed by atoms with Gasteiger partial charge in [-0.3, -0.25) is 4.90 Å². The molecule has 3 heterocycles. The first-order valence-corrected chi connectivity index (χ1v) is 12.7. The molecule has 3 aliphatic heterocycles. The number of morpholine rings is 1. The quantitative estimate of drug-likeness (QED) is 0.434. The van der Waals surface area contributed by atoms with Gasteiger partial charge in [0.2, 0.25) is 0 Å². The van der Waals surface area contributed by atoms with E-state index in [-0.39, 0.29) is 16.7 Å². The highest BCUT2D eigenvalue weighted by molar-refractivity contribution is 8.00. The zero-order chi connectivity index (χ0) is 23.5. The lowest BCUT2D eigenvalue weighted by Crippen LogP contribution is -2.41. The molecule has 0 aliphatic carbocycles. The molecule has 2 aromatic rings. The van der Waals surface area contributed by atoms with E-state index in [4.69, 9.17) is 9.47 Å². The SMILES string of the molecule is FC(F)(F)Sc1cccc(C2=c3ccc(OCCCN4CCOCC4)cc3=C3CCCN3C2)c1. The second-order valence-electron chi connectivity index (χ2n) is 8.89. The van der Waals surface area contributed by atoms with Crippen LogP contribution in [0.2, 0.25) is 0 Å². The molecule has 2 fully saturated rings. The number of alkyl halides is 3. The largest absolute Gasteiger partial charge is 0.494 e. The molecule has 8 heteroatoms. The van der Waals surface area contributed by atoms with Gasteiger partial charge in [0.05, 0.1) is 19.8 Å². The van der Waals surface area contributed by atoms with Crippen molar-refractivity contribution in [2.24, 2.45) is 0 Å². The Bertz CT molecular complexity index is 1150. The van der Waals surface area contributed by atoms with Gasteiger partial charge in [0.1, 0.15) is 5.75 Å². The third-order valence-corrected chi connectivity index (χ3v) is 7.33. The van der Waals surface area contributed by atoms with Crippen LogP contribution in [0.5, 0.6) is 5.75 Å². The Hall–Kier alpha value is -2.16. The van der Waals surface area contributed by atoms with Crippen LogP contribution < -0.4 is 15.2 Å². The molecule has 4 nitrogen and oxygen atoms in total. The van der Waals surface area contributed by atoms with Crippen molar-refractivity contribution in [3.05, 3.63) is 58.5 Å². The maximum absolute atomic E-state index is 12.9. The molecule has 34 heavy (non-hydrogen) atoms. The normalized spacial score (nSPS) is 18.7. The molecule has 0 amide bonds. The Labute approximate surface area is 202 Å². The van der Waals surface area contributed by atoms with Crippen molar-refractivity contribution in [2.45, 2.75) is 29.7 Å². The van der Waals surface area contributed by atoms with E-state index in [9.17, 15) is 13.2 Å². The van der Waals surface area contributed by atoms with E-state index in [1.165, 1.54) is 11.8 Å². The molecule has 0 spiro atoms. The number of hydrogen-bond donors (Lipinski definition) is 0. The molecular weight excluding hydrogens is 461 g/mol. The predicted molar refractivity (Wildman–Crippen MR) is 128 cm³/mol. The lowest BCUT2D eigenvalue weighted by Gasteiger charge is -2.27. The van der Waals surface area contributed by atoms with Crippen LogP contribution in [-0.4, -0.2) is 67.9 Å². The Kier molecular flexibility index (Phi) is 7.09. The molecule has 0 atom stereocenters.